The number of hydrogen-bond acceptors (Lipinski definition) is 7. The maximum atomic E-state index is 13.0. The fraction of sp³-hybridized carbons (Fsp3) is 0.706. The fourth-order valence-corrected chi connectivity index (χ4v) is 3.67. The van der Waals surface area contributed by atoms with Crippen LogP contribution in [0.4, 0.5) is 4.79 Å². The van der Waals surface area contributed by atoms with Gasteiger partial charge in [-0.15, -0.1) is 0 Å². The van der Waals surface area contributed by atoms with Crippen molar-refractivity contribution in [1.82, 2.24) is 9.80 Å². The Morgan fingerprint density at radius 3 is 2.69 bits per heavy atom. The first-order valence-corrected chi connectivity index (χ1v) is 9.26. The number of aliphatic hydroxyl groups is 1. The zero-order valence-corrected chi connectivity index (χ0v) is 15.8. The van der Waals surface area contributed by atoms with Gasteiger partial charge in [0.05, 0.1) is 12.7 Å². The van der Waals surface area contributed by atoms with Gasteiger partial charge in [0.2, 0.25) is 5.91 Å². The Bertz CT molecular complexity index is 557. The number of hydrogen-bond donors (Lipinski definition) is 2. The van der Waals surface area contributed by atoms with E-state index in [0.29, 0.717) is 19.5 Å². The molecule has 2 amide bonds. The van der Waals surface area contributed by atoms with Crippen LogP contribution in [0.3, 0.4) is 0 Å². The molecule has 8 nitrogen and oxygen atoms in total. The Labute approximate surface area is 158 Å². The molecular formula is C17H26N2O6S. The van der Waals surface area contributed by atoms with Crippen LogP contribution in [0.1, 0.15) is 19.8 Å². The van der Waals surface area contributed by atoms with Gasteiger partial charge < -0.3 is 19.5 Å². The lowest BCUT2D eigenvalue weighted by Crippen LogP contribution is -2.54. The second-order valence-corrected chi connectivity index (χ2v) is 7.15. The number of esters is 1. The molecule has 0 radical (unpaired) electrons. The first-order chi connectivity index (χ1) is 12.4. The number of carbonyl (C=O) groups is 3. The summed E-state index contributed by atoms with van der Waals surface area (Å²) in [6.45, 7) is 6.16. The third kappa shape index (κ3) is 4.70. The monoisotopic (exact) mass is 386 g/mol. The molecule has 0 spiro atoms. The average molecular weight is 386 g/mol. The molecule has 2 rings (SSSR count). The maximum absolute atomic E-state index is 13.0. The maximum Gasteiger partial charge on any atom is 0.410 e. The van der Waals surface area contributed by atoms with Gasteiger partial charge in [-0.1, -0.05) is 12.7 Å². The van der Waals surface area contributed by atoms with Crippen molar-refractivity contribution in [3.05, 3.63) is 12.7 Å². The Morgan fingerprint density at radius 1 is 1.31 bits per heavy atom. The average Bonchev–Trinajstić information content (AvgIpc) is 3.01. The standard InChI is InChI=1S/C17H26N2O6S/c1-3-7-25-17(23)19-9-11(26)8-13(19)15(21)18-6-5-14(20)12(10-18)16(22)24-4-2/h3,11-14,20,26H,1,4-10H2,2H3/t11-,12?,13-,14?/m0/s1. The van der Waals surface area contributed by atoms with Gasteiger partial charge in [0, 0.05) is 24.9 Å². The number of thiol groups is 1. The predicted octanol–water partition coefficient (Wildman–Crippen LogP) is 0.454. The highest BCUT2D eigenvalue weighted by Gasteiger charge is 2.44. The summed E-state index contributed by atoms with van der Waals surface area (Å²) in [4.78, 5) is 40.0. The van der Waals surface area contributed by atoms with Crippen LogP contribution in [-0.4, -0.2) is 83.1 Å². The highest BCUT2D eigenvalue weighted by Crippen LogP contribution is 2.27. The normalized spacial score (nSPS) is 28.6. The van der Waals surface area contributed by atoms with Crippen molar-refractivity contribution >= 4 is 30.6 Å². The smallest absolute Gasteiger partial charge is 0.410 e. The molecule has 0 aliphatic carbocycles. The number of piperidine rings is 1. The first-order valence-electron chi connectivity index (χ1n) is 8.74. The van der Waals surface area contributed by atoms with Crippen molar-refractivity contribution in [3.8, 4) is 0 Å². The summed E-state index contributed by atoms with van der Waals surface area (Å²) in [5, 5.41) is 9.94. The summed E-state index contributed by atoms with van der Waals surface area (Å²) < 4.78 is 10.0. The highest BCUT2D eigenvalue weighted by atomic mass is 32.1. The second kappa shape index (κ2) is 9.27. The van der Waals surface area contributed by atoms with Crippen LogP contribution in [-0.2, 0) is 19.1 Å². The Morgan fingerprint density at radius 2 is 2.04 bits per heavy atom. The molecule has 146 valence electrons. The summed E-state index contributed by atoms with van der Waals surface area (Å²) in [5.74, 6) is -1.56. The number of amides is 2. The van der Waals surface area contributed by atoms with Crippen LogP contribution in [0.2, 0.25) is 0 Å². The van der Waals surface area contributed by atoms with Gasteiger partial charge in [-0.05, 0) is 19.8 Å². The molecule has 0 aromatic rings. The quantitative estimate of drug-likeness (QED) is 0.405. The van der Waals surface area contributed by atoms with Gasteiger partial charge in [-0.3, -0.25) is 14.5 Å². The molecule has 0 aromatic carbocycles. The van der Waals surface area contributed by atoms with Crippen molar-refractivity contribution in [1.29, 1.82) is 0 Å². The van der Waals surface area contributed by atoms with Crippen LogP contribution in [0.5, 0.6) is 0 Å². The molecule has 0 aromatic heterocycles. The van der Waals surface area contributed by atoms with Crippen LogP contribution in [0.15, 0.2) is 12.7 Å². The number of aliphatic hydroxyl groups excluding tert-OH is 1. The minimum absolute atomic E-state index is 0.0638. The van der Waals surface area contributed by atoms with E-state index in [0.717, 1.165) is 0 Å². The number of likely N-dealkylation sites (tertiary alicyclic amines) is 2. The second-order valence-electron chi connectivity index (χ2n) is 6.42. The number of nitrogens with zero attached hydrogens (tertiary/aromatic N) is 2. The topological polar surface area (TPSA) is 96.4 Å². The molecule has 2 aliphatic rings. The van der Waals surface area contributed by atoms with Crippen molar-refractivity contribution in [2.24, 2.45) is 5.92 Å². The number of ether oxygens (including phenoxy) is 2. The first kappa shape index (κ1) is 20.6. The molecule has 4 atom stereocenters. The van der Waals surface area contributed by atoms with E-state index in [-0.39, 0.29) is 37.3 Å². The molecule has 2 heterocycles. The van der Waals surface area contributed by atoms with E-state index in [1.165, 1.54) is 15.9 Å². The van der Waals surface area contributed by atoms with E-state index in [2.05, 4.69) is 19.2 Å². The van der Waals surface area contributed by atoms with Crippen molar-refractivity contribution in [3.63, 3.8) is 0 Å². The van der Waals surface area contributed by atoms with Gasteiger partial charge in [-0.2, -0.15) is 12.6 Å². The van der Waals surface area contributed by atoms with Gasteiger partial charge in [0.1, 0.15) is 18.6 Å². The molecule has 26 heavy (non-hydrogen) atoms. The van der Waals surface area contributed by atoms with E-state index >= 15 is 0 Å². The molecule has 2 unspecified atom stereocenters. The molecular weight excluding hydrogens is 360 g/mol. The number of carbonyl (C=O) groups excluding carboxylic acids is 3. The van der Waals surface area contributed by atoms with Crippen molar-refractivity contribution in [2.75, 3.05) is 32.8 Å². The lowest BCUT2D eigenvalue weighted by Gasteiger charge is -2.37. The van der Waals surface area contributed by atoms with Gasteiger partial charge >= 0.3 is 12.1 Å². The SMILES string of the molecule is C=CCOC(=O)N1C[C@@H](S)C[C@H]1C(=O)N1CCC(O)C(C(=O)OCC)C1. The summed E-state index contributed by atoms with van der Waals surface area (Å²) in [5.41, 5.74) is 0. The molecule has 0 saturated carbocycles. The summed E-state index contributed by atoms with van der Waals surface area (Å²) in [6, 6.07) is -0.687. The largest absolute Gasteiger partial charge is 0.466 e. The van der Waals surface area contributed by atoms with E-state index in [1.54, 1.807) is 6.92 Å². The Kier molecular flexibility index (Phi) is 7.33. The third-order valence-electron chi connectivity index (χ3n) is 4.60. The zero-order chi connectivity index (χ0) is 19.3. The molecule has 2 aliphatic heterocycles. The van der Waals surface area contributed by atoms with Crippen molar-refractivity contribution < 1.29 is 29.0 Å². The molecule has 0 bridgehead atoms. The van der Waals surface area contributed by atoms with Crippen LogP contribution < -0.4 is 0 Å². The molecule has 9 heteroatoms. The van der Waals surface area contributed by atoms with E-state index in [4.69, 9.17) is 9.47 Å². The molecule has 1 N–H and O–H groups in total. The van der Waals surface area contributed by atoms with E-state index < -0.39 is 30.1 Å². The highest BCUT2D eigenvalue weighted by molar-refractivity contribution is 7.81. The van der Waals surface area contributed by atoms with Gasteiger partial charge in [0.25, 0.3) is 0 Å². The van der Waals surface area contributed by atoms with Crippen LogP contribution >= 0.6 is 12.6 Å². The number of rotatable bonds is 5. The molecule has 2 fully saturated rings. The Balaban J connectivity index is 2.06. The lowest BCUT2D eigenvalue weighted by molar-refractivity contribution is -0.157. The van der Waals surface area contributed by atoms with Gasteiger partial charge in [-0.25, -0.2) is 4.79 Å². The van der Waals surface area contributed by atoms with Crippen LogP contribution in [0, 0.1) is 5.92 Å². The summed E-state index contributed by atoms with van der Waals surface area (Å²) in [6.07, 6.45) is 0.729. The minimum Gasteiger partial charge on any atom is -0.466 e. The summed E-state index contributed by atoms with van der Waals surface area (Å²) >= 11 is 4.39. The van der Waals surface area contributed by atoms with E-state index in [1.807, 2.05) is 0 Å². The molecule has 2 saturated heterocycles. The van der Waals surface area contributed by atoms with Gasteiger partial charge in [0.15, 0.2) is 0 Å². The zero-order valence-electron chi connectivity index (χ0n) is 14.9. The Hall–Kier alpha value is -1.74. The minimum atomic E-state index is -0.840. The third-order valence-corrected chi connectivity index (χ3v) is 4.97. The predicted molar refractivity (Wildman–Crippen MR) is 96.8 cm³/mol. The fourth-order valence-electron chi connectivity index (χ4n) is 3.29. The lowest BCUT2D eigenvalue weighted by atomic mass is 9.94. The van der Waals surface area contributed by atoms with E-state index in [9.17, 15) is 19.5 Å². The van der Waals surface area contributed by atoms with Crippen LogP contribution in [0.25, 0.3) is 0 Å². The summed E-state index contributed by atoms with van der Waals surface area (Å²) in [7, 11) is 0. The van der Waals surface area contributed by atoms with Crippen molar-refractivity contribution in [2.45, 2.75) is 37.2 Å².